The van der Waals surface area contributed by atoms with E-state index >= 15 is 0 Å². The van der Waals surface area contributed by atoms with Gasteiger partial charge in [-0.25, -0.2) is 4.79 Å². The van der Waals surface area contributed by atoms with Gasteiger partial charge in [-0.2, -0.15) is 0 Å². The van der Waals surface area contributed by atoms with Crippen molar-refractivity contribution in [2.75, 3.05) is 13.1 Å². The maximum Gasteiger partial charge on any atom is 0.408 e. The summed E-state index contributed by atoms with van der Waals surface area (Å²) < 4.78 is 5.43. The van der Waals surface area contributed by atoms with Crippen LogP contribution in [0.4, 0.5) is 4.79 Å². The summed E-state index contributed by atoms with van der Waals surface area (Å²) in [6.07, 6.45) is 6.45. The van der Waals surface area contributed by atoms with E-state index < -0.39 is 5.60 Å². The molecule has 1 amide bonds. The molecule has 0 radical (unpaired) electrons. The van der Waals surface area contributed by atoms with E-state index in [-0.39, 0.29) is 11.6 Å². The molecule has 1 saturated heterocycles. The van der Waals surface area contributed by atoms with Gasteiger partial charge in [0.15, 0.2) is 0 Å². The average molecular weight is 264 g/mol. The maximum absolute atomic E-state index is 12.1. The summed E-state index contributed by atoms with van der Waals surface area (Å²) in [6, 6.07) is 0. The Bertz CT molecular complexity index is 413. The number of nitrogens with one attached hydrogen (secondary N) is 2. The molecule has 4 atom stereocenters. The standard InChI is InChI=1S/C15H24N2O2/c1-14(2,3)19-13(18)17-15-6-4-10(5-7-15)11-8-16-9-12(11)15/h4,6,10-12,16H,5,7-9H2,1-3H3,(H,17,18). The molecule has 1 heterocycles. The van der Waals surface area contributed by atoms with Gasteiger partial charge in [-0.1, -0.05) is 12.2 Å². The Balaban J connectivity index is 1.77. The van der Waals surface area contributed by atoms with E-state index in [0.29, 0.717) is 17.8 Å². The number of hydrogen-bond donors (Lipinski definition) is 2. The number of ether oxygens (including phenoxy) is 1. The first-order valence-electron chi connectivity index (χ1n) is 7.31. The fraction of sp³-hybridized carbons (Fsp3) is 0.800. The predicted octanol–water partition coefficient (Wildman–Crippen LogP) is 2.07. The van der Waals surface area contributed by atoms with Crippen molar-refractivity contribution in [3.8, 4) is 0 Å². The van der Waals surface area contributed by atoms with Crippen LogP contribution < -0.4 is 10.6 Å². The van der Waals surface area contributed by atoms with E-state index in [1.807, 2.05) is 20.8 Å². The molecule has 2 N–H and O–H groups in total. The third-order valence-electron chi connectivity index (χ3n) is 4.74. The smallest absolute Gasteiger partial charge is 0.408 e. The van der Waals surface area contributed by atoms with Crippen molar-refractivity contribution in [1.29, 1.82) is 0 Å². The van der Waals surface area contributed by atoms with Gasteiger partial charge in [-0.05, 0) is 52.0 Å². The second-order valence-electron chi connectivity index (χ2n) is 7.16. The lowest BCUT2D eigenvalue weighted by atomic mass is 9.59. The van der Waals surface area contributed by atoms with E-state index in [1.165, 1.54) is 6.42 Å². The zero-order valence-electron chi connectivity index (χ0n) is 12.0. The summed E-state index contributed by atoms with van der Waals surface area (Å²) >= 11 is 0. The molecule has 0 spiro atoms. The predicted molar refractivity (Wildman–Crippen MR) is 73.8 cm³/mol. The van der Waals surface area contributed by atoms with Gasteiger partial charge in [0.2, 0.25) is 0 Å². The second-order valence-corrected chi connectivity index (χ2v) is 7.16. The first-order valence-corrected chi connectivity index (χ1v) is 7.31. The Hall–Kier alpha value is -1.03. The van der Waals surface area contributed by atoms with E-state index in [1.54, 1.807) is 0 Å². The summed E-state index contributed by atoms with van der Waals surface area (Å²) in [6.45, 7) is 7.78. The number of allylic oxidation sites excluding steroid dienone is 1. The van der Waals surface area contributed by atoms with Crippen LogP contribution in [-0.4, -0.2) is 30.3 Å². The number of rotatable bonds is 1. The van der Waals surface area contributed by atoms with Crippen LogP contribution in [0.15, 0.2) is 12.2 Å². The molecule has 106 valence electrons. The second kappa shape index (κ2) is 4.23. The van der Waals surface area contributed by atoms with Crippen molar-refractivity contribution in [2.24, 2.45) is 17.8 Å². The van der Waals surface area contributed by atoms with Gasteiger partial charge in [-0.15, -0.1) is 0 Å². The molecule has 3 aliphatic carbocycles. The number of alkyl carbamates (subject to hydrolysis) is 1. The molecule has 4 aliphatic rings. The largest absolute Gasteiger partial charge is 0.444 e. The monoisotopic (exact) mass is 264 g/mol. The lowest BCUT2D eigenvalue weighted by Crippen LogP contribution is -2.60. The number of hydrogen-bond acceptors (Lipinski definition) is 3. The van der Waals surface area contributed by atoms with Crippen molar-refractivity contribution >= 4 is 6.09 Å². The summed E-state index contributed by atoms with van der Waals surface area (Å²) in [5.74, 6) is 1.89. The summed E-state index contributed by atoms with van der Waals surface area (Å²) in [5.41, 5.74) is -0.630. The van der Waals surface area contributed by atoms with Crippen LogP contribution in [0.5, 0.6) is 0 Å². The molecule has 0 aromatic carbocycles. The number of amides is 1. The molecule has 4 unspecified atom stereocenters. The van der Waals surface area contributed by atoms with Crippen LogP contribution in [-0.2, 0) is 4.74 Å². The fourth-order valence-corrected chi connectivity index (χ4v) is 3.95. The van der Waals surface area contributed by atoms with Crippen molar-refractivity contribution < 1.29 is 9.53 Å². The van der Waals surface area contributed by atoms with Gasteiger partial charge in [0.1, 0.15) is 5.60 Å². The van der Waals surface area contributed by atoms with Crippen LogP contribution in [0, 0.1) is 17.8 Å². The normalized spacial score (nSPS) is 40.1. The van der Waals surface area contributed by atoms with Crippen molar-refractivity contribution in [2.45, 2.75) is 44.8 Å². The van der Waals surface area contributed by atoms with E-state index in [9.17, 15) is 4.79 Å². The van der Waals surface area contributed by atoms with Gasteiger partial charge in [-0.3, -0.25) is 0 Å². The van der Waals surface area contributed by atoms with Gasteiger partial charge in [0.25, 0.3) is 0 Å². The maximum atomic E-state index is 12.1. The van der Waals surface area contributed by atoms with Crippen LogP contribution in [0.3, 0.4) is 0 Å². The minimum Gasteiger partial charge on any atom is -0.444 e. The molecule has 2 bridgehead atoms. The lowest BCUT2D eigenvalue weighted by Gasteiger charge is -2.50. The molecule has 4 rings (SSSR count). The van der Waals surface area contributed by atoms with E-state index in [2.05, 4.69) is 22.8 Å². The third kappa shape index (κ3) is 2.27. The SMILES string of the molecule is CC(C)(C)OC(=O)NC12C=CC(CC1)C1CNCC12. The van der Waals surface area contributed by atoms with Crippen molar-refractivity contribution in [1.82, 2.24) is 10.6 Å². The molecule has 0 aromatic rings. The van der Waals surface area contributed by atoms with Gasteiger partial charge in [0, 0.05) is 12.5 Å². The fourth-order valence-electron chi connectivity index (χ4n) is 3.95. The first kappa shape index (κ1) is 13.0. The van der Waals surface area contributed by atoms with Gasteiger partial charge >= 0.3 is 6.09 Å². The Morgan fingerprint density at radius 2 is 2.21 bits per heavy atom. The summed E-state index contributed by atoms with van der Waals surface area (Å²) in [7, 11) is 0. The number of carbonyl (C=O) groups is 1. The average Bonchev–Trinajstić information content (AvgIpc) is 2.78. The molecular formula is C15H24N2O2. The minimum absolute atomic E-state index is 0.189. The first-order chi connectivity index (χ1) is 8.90. The molecule has 4 heteroatoms. The molecule has 1 aliphatic heterocycles. The molecule has 4 nitrogen and oxygen atoms in total. The summed E-state index contributed by atoms with van der Waals surface area (Å²) in [4.78, 5) is 12.1. The highest BCUT2D eigenvalue weighted by Crippen LogP contribution is 2.48. The van der Waals surface area contributed by atoms with Crippen molar-refractivity contribution in [3.05, 3.63) is 12.2 Å². The Kier molecular flexibility index (Phi) is 2.89. The van der Waals surface area contributed by atoms with E-state index in [4.69, 9.17) is 4.74 Å². The molecule has 2 fully saturated rings. The van der Waals surface area contributed by atoms with Crippen LogP contribution >= 0.6 is 0 Å². The van der Waals surface area contributed by atoms with Crippen LogP contribution in [0.25, 0.3) is 0 Å². The molecule has 1 saturated carbocycles. The van der Waals surface area contributed by atoms with E-state index in [0.717, 1.165) is 19.5 Å². The zero-order valence-corrected chi connectivity index (χ0v) is 12.0. The highest BCUT2D eigenvalue weighted by Gasteiger charge is 2.53. The lowest BCUT2D eigenvalue weighted by molar-refractivity contribution is 0.0337. The highest BCUT2D eigenvalue weighted by molar-refractivity contribution is 5.69. The van der Waals surface area contributed by atoms with Crippen molar-refractivity contribution in [3.63, 3.8) is 0 Å². The van der Waals surface area contributed by atoms with Crippen LogP contribution in [0.1, 0.15) is 33.6 Å². The quantitative estimate of drug-likeness (QED) is 0.713. The van der Waals surface area contributed by atoms with Gasteiger partial charge in [0.05, 0.1) is 5.54 Å². The molecular weight excluding hydrogens is 240 g/mol. The molecule has 0 aromatic heterocycles. The Labute approximate surface area is 115 Å². The van der Waals surface area contributed by atoms with Crippen LogP contribution in [0.2, 0.25) is 0 Å². The Morgan fingerprint density at radius 1 is 1.42 bits per heavy atom. The van der Waals surface area contributed by atoms with Gasteiger partial charge < -0.3 is 15.4 Å². The minimum atomic E-state index is -0.441. The summed E-state index contributed by atoms with van der Waals surface area (Å²) in [5, 5.41) is 6.64. The Morgan fingerprint density at radius 3 is 2.84 bits per heavy atom. The number of fused-ring (bicyclic) bond motifs is 1. The zero-order chi connectivity index (χ0) is 13.7. The number of carbonyl (C=O) groups excluding carboxylic acids is 1. The topological polar surface area (TPSA) is 50.4 Å². The highest BCUT2D eigenvalue weighted by atomic mass is 16.6. The molecule has 19 heavy (non-hydrogen) atoms. The third-order valence-corrected chi connectivity index (χ3v) is 4.74.